The van der Waals surface area contributed by atoms with E-state index in [4.69, 9.17) is 9.97 Å². The van der Waals surface area contributed by atoms with Gasteiger partial charge in [0.1, 0.15) is 5.82 Å². The van der Waals surface area contributed by atoms with E-state index in [-0.39, 0.29) is 4.92 Å². The molecule has 0 bridgehead atoms. The molecule has 0 fully saturated rings. The second kappa shape index (κ2) is 59.5. The number of benzene rings is 4. The van der Waals surface area contributed by atoms with E-state index in [1.165, 1.54) is 50.2 Å². The van der Waals surface area contributed by atoms with Crippen LogP contribution in [0.15, 0.2) is 121 Å². The van der Waals surface area contributed by atoms with Crippen LogP contribution in [-0.2, 0) is 40.1 Å². The topological polar surface area (TPSA) is 38.7 Å². The first-order valence-corrected chi connectivity index (χ1v) is 47.2. The van der Waals surface area contributed by atoms with Gasteiger partial charge in [-0.2, -0.15) is 0 Å². The summed E-state index contributed by atoms with van der Waals surface area (Å²) < 4.78 is 0. The van der Waals surface area contributed by atoms with Crippen molar-refractivity contribution in [1.29, 1.82) is 0 Å². The first-order valence-electron chi connectivity index (χ1n) is 24.7. The number of hydrogen-bond acceptors (Lipinski definition) is 3. The Hall–Kier alpha value is -0.0712. The molecular weight excluding hydrogens is 1480 g/mol. The minimum absolute atomic E-state index is 0.278. The molecule has 6 rings (SSSR count). The molecule has 0 saturated heterocycles. The third-order valence-corrected chi connectivity index (χ3v) is 8.58. The van der Waals surface area contributed by atoms with Crippen molar-refractivity contribution in [3.05, 3.63) is 194 Å². The second-order valence-electron chi connectivity index (χ2n) is 12.1. The molecule has 0 radical (unpaired) electrons. The van der Waals surface area contributed by atoms with E-state index >= 15 is 0 Å². The molecule has 2 aromatic heterocycles. The van der Waals surface area contributed by atoms with Crippen molar-refractivity contribution in [3.8, 4) is 0 Å². The van der Waals surface area contributed by atoms with E-state index in [0.717, 1.165) is 48.6 Å². The van der Waals surface area contributed by atoms with Gasteiger partial charge in [0.05, 0.1) is 5.69 Å². The molecule has 0 atom stereocenters. The number of pyridine rings is 1. The van der Waals surface area contributed by atoms with Gasteiger partial charge in [-0.15, -0.1) is 0 Å². The fraction of sp³-hybridized carbons (Fsp3) is 0.431. The van der Waals surface area contributed by atoms with Crippen LogP contribution in [0.25, 0.3) is 0 Å². The summed E-state index contributed by atoms with van der Waals surface area (Å²) in [6, 6.07) is 42.2. The van der Waals surface area contributed by atoms with Crippen molar-refractivity contribution < 1.29 is 14.4 Å². The van der Waals surface area contributed by atoms with Gasteiger partial charge in [-0.3, -0.25) is 4.98 Å². The van der Waals surface area contributed by atoms with Gasteiger partial charge in [0.15, 0.2) is 0 Å². The van der Waals surface area contributed by atoms with Crippen LogP contribution < -0.4 is 0 Å². The number of aromatic nitrogens is 3. The number of hydrogen-bond donors (Lipinski definition) is 0. The van der Waals surface area contributed by atoms with E-state index in [1.54, 1.807) is 0 Å². The van der Waals surface area contributed by atoms with Crippen LogP contribution in [-0.4, -0.2) is 15.0 Å². The standard InChI is InChI=1S/C22H23N.C20H20N2.8C2H6.5HI.2V/c1-16-18(3)23-22(15-20-12-8-5-9-13-20)17(2)21(16)14-19-10-6-4-7-11-19;1-15-16(2)21-20(14-18-11-7-4-8-12-18)22-19(15)13-17-9-5-3-6-10-17;8*1-2;;;;;;;/h4-13H,14-15H2,1-3H3;3-12H,13-14H2,1-2H3;8*1-2H3;5*1H;;/q;;;;;;;;;;;;;;;+2;+3/p-5. The molecule has 68 heavy (non-hydrogen) atoms. The summed E-state index contributed by atoms with van der Waals surface area (Å²) in [5, 5.41) is 0. The van der Waals surface area contributed by atoms with Crippen molar-refractivity contribution in [2.24, 2.45) is 0 Å². The Morgan fingerprint density at radius 2 is 0.603 bits per heavy atom. The van der Waals surface area contributed by atoms with Crippen molar-refractivity contribution in [2.45, 2.75) is 171 Å². The van der Waals surface area contributed by atoms with Gasteiger partial charge < -0.3 is 0 Å². The van der Waals surface area contributed by atoms with E-state index in [2.05, 4.69) is 249 Å². The molecule has 6 aromatic rings. The number of nitrogens with zero attached hydrogens (tertiary/aromatic N) is 3. The first-order chi connectivity index (χ1) is 33.0. The van der Waals surface area contributed by atoms with Crippen LogP contribution in [0.1, 0.15) is 184 Å². The summed E-state index contributed by atoms with van der Waals surface area (Å²) in [6.45, 7) is 42.7. The average molecular weight is 1570 g/mol. The Morgan fingerprint density at radius 1 is 0.353 bits per heavy atom. The molecule has 3 nitrogen and oxygen atoms in total. The predicted molar refractivity (Wildman–Crippen MR) is 348 cm³/mol. The van der Waals surface area contributed by atoms with Gasteiger partial charge in [-0.25, -0.2) is 9.97 Å². The summed E-state index contributed by atoms with van der Waals surface area (Å²) in [4.78, 5) is 14.1. The van der Waals surface area contributed by atoms with Gasteiger partial charge in [-0.05, 0) is 85.5 Å². The van der Waals surface area contributed by atoms with Gasteiger partial charge >= 0.3 is 114 Å². The van der Waals surface area contributed by atoms with Gasteiger partial charge in [0.25, 0.3) is 0 Å². The van der Waals surface area contributed by atoms with Crippen LogP contribution in [0.4, 0.5) is 0 Å². The third kappa shape index (κ3) is 39.5. The van der Waals surface area contributed by atoms with Crippen molar-refractivity contribution >= 4 is 99.9 Å². The number of rotatable bonds is 8. The Morgan fingerprint density at radius 3 is 0.912 bits per heavy atom. The van der Waals surface area contributed by atoms with E-state index in [0.29, 0.717) is 9.47 Å². The van der Waals surface area contributed by atoms with E-state index < -0.39 is 0 Å². The molecule has 0 aliphatic heterocycles. The Balaban J connectivity index is -0.000000198. The molecule has 0 amide bonds. The average Bonchev–Trinajstić information content (AvgIpc) is 3.40. The molecule has 2 heterocycles. The Kier molecular flexibility index (Phi) is 69.4. The van der Waals surface area contributed by atoms with Crippen LogP contribution >= 0.6 is 99.9 Å². The predicted octanol–water partition coefficient (Wildman–Crippen LogP) is 22.1. The van der Waals surface area contributed by atoms with Crippen LogP contribution in [0, 0.1) is 34.6 Å². The molecule has 0 saturated carbocycles. The molecular formula is C58H91I5N3V2. The fourth-order valence-electron chi connectivity index (χ4n) is 5.64. The van der Waals surface area contributed by atoms with E-state index in [1.807, 2.05) is 123 Å². The fourth-order valence-corrected chi connectivity index (χ4v) is 5.64. The summed E-state index contributed by atoms with van der Waals surface area (Å²) in [6.07, 6.45) is 3.51. The van der Waals surface area contributed by atoms with Crippen molar-refractivity contribution in [1.82, 2.24) is 15.0 Å². The first kappa shape index (κ1) is 79.3. The van der Waals surface area contributed by atoms with Crippen molar-refractivity contribution in [2.75, 3.05) is 0 Å². The summed E-state index contributed by atoms with van der Waals surface area (Å²) in [7, 11) is 0.628. The third-order valence-electron chi connectivity index (χ3n) is 8.58. The summed E-state index contributed by atoms with van der Waals surface area (Å²) in [5.41, 5.74) is 15.0. The maximum absolute atomic E-state index is 4.87. The SMILES string of the molecule is CC.CC.CC.CC.CC.CC.CC.CC.Cc1nc(Cc2ccccc2)c(C)c(Cc2ccccc2)c1C.Cc1nc(Cc2ccccc2)nc(Cc2ccccc2)c1C.[I][V]([I])[I].[I][V][I]. The zero-order valence-corrected chi connectivity index (χ0v) is 59.6. The molecule has 4 aromatic carbocycles. The van der Waals surface area contributed by atoms with Gasteiger partial charge in [-0.1, -0.05) is 232 Å². The quantitative estimate of drug-likeness (QED) is 0.143. The summed E-state index contributed by atoms with van der Waals surface area (Å²) in [5.74, 6) is 0.903. The second-order valence-corrected chi connectivity index (χ2v) is 59.2. The molecule has 0 aliphatic carbocycles. The monoisotopic (exact) mass is 1570 g/mol. The Labute approximate surface area is 488 Å². The maximum atomic E-state index is 4.87. The van der Waals surface area contributed by atoms with Crippen LogP contribution in [0.3, 0.4) is 0 Å². The molecule has 383 valence electrons. The minimum atomic E-state index is -0.278. The molecule has 0 N–H and O–H groups in total. The Bertz CT molecular complexity index is 1920. The molecule has 10 heteroatoms. The zero-order chi connectivity index (χ0) is 53.9. The normalized spacial score (nSPS) is 8.51. The summed E-state index contributed by atoms with van der Waals surface area (Å²) >= 11 is 12.1. The number of aryl methyl sites for hydroxylation is 2. The molecule has 0 aliphatic rings. The van der Waals surface area contributed by atoms with Gasteiger partial charge in [0, 0.05) is 36.3 Å². The van der Waals surface area contributed by atoms with Crippen LogP contribution in [0.5, 0.6) is 0 Å². The van der Waals surface area contributed by atoms with Crippen LogP contribution in [0.2, 0.25) is 0 Å². The van der Waals surface area contributed by atoms with Gasteiger partial charge in [0.2, 0.25) is 0 Å². The molecule has 0 spiro atoms. The zero-order valence-electron chi connectivity index (χ0n) is 46.0. The van der Waals surface area contributed by atoms with Crippen molar-refractivity contribution in [3.63, 3.8) is 0 Å². The number of halogens is 5. The van der Waals surface area contributed by atoms with E-state index in [9.17, 15) is 0 Å². The molecule has 0 unspecified atom stereocenters.